The molecule has 15 heteroatoms. The van der Waals surface area contributed by atoms with E-state index in [1.165, 1.54) is 0 Å². The topological polar surface area (TPSA) is 88.2 Å². The van der Waals surface area contributed by atoms with Crippen molar-refractivity contribution in [3.63, 3.8) is 0 Å². The van der Waals surface area contributed by atoms with Crippen molar-refractivity contribution >= 4 is 12.4 Å². The first-order valence-corrected chi connectivity index (χ1v) is 14.4. The molecule has 1 aliphatic rings. The van der Waals surface area contributed by atoms with Crippen molar-refractivity contribution in [2.75, 3.05) is 0 Å². The van der Waals surface area contributed by atoms with Crippen molar-refractivity contribution in [3.05, 3.63) is 58.7 Å². The Morgan fingerprint density at radius 1 is 0.638 bits per heavy atom. The van der Waals surface area contributed by atoms with E-state index in [1.807, 2.05) is 36.4 Å². The Morgan fingerprint density at radius 2 is 0.957 bits per heavy atom. The zero-order valence-electron chi connectivity index (χ0n) is 26.5. The summed E-state index contributed by atoms with van der Waals surface area (Å²) in [5.74, 6) is 0.618. The van der Waals surface area contributed by atoms with Gasteiger partial charge in [0, 0.05) is 40.3 Å². The van der Waals surface area contributed by atoms with Crippen molar-refractivity contribution in [3.8, 4) is 11.5 Å². The van der Waals surface area contributed by atoms with Crippen LogP contribution in [0.4, 0.5) is 39.5 Å². The number of hydrogen-bond donors (Lipinski definition) is 2. The van der Waals surface area contributed by atoms with E-state index in [0.717, 1.165) is 47.9 Å². The van der Waals surface area contributed by atoms with Gasteiger partial charge in [-0.05, 0) is 46.9 Å². The molecule has 2 N–H and O–H groups in total. The number of benzene rings is 2. The van der Waals surface area contributed by atoms with Gasteiger partial charge < -0.3 is 15.3 Å². The van der Waals surface area contributed by atoms with Crippen LogP contribution in [0.3, 0.4) is 0 Å². The summed E-state index contributed by atoms with van der Waals surface area (Å²) in [7, 11) is 0. The second-order valence-corrected chi connectivity index (χ2v) is 13.1. The SMILES string of the molecule is CC(C)(C)c1cccc(C=NC2CCCCC2N=Cc2cccc(C(C)(C)C)c2O)c1O.[Co].[O-]C(F)(F)C(F)(C(F)(F)F)C(F)(F)F. The molecule has 267 valence electrons. The second kappa shape index (κ2) is 15.2. The van der Waals surface area contributed by atoms with Gasteiger partial charge in [0.05, 0.1) is 12.1 Å². The van der Waals surface area contributed by atoms with Gasteiger partial charge in [0.25, 0.3) is 0 Å². The third-order valence-corrected chi connectivity index (χ3v) is 7.44. The van der Waals surface area contributed by atoms with Gasteiger partial charge in [-0.15, -0.1) is 0 Å². The number of hydrogen-bond acceptors (Lipinski definition) is 5. The summed E-state index contributed by atoms with van der Waals surface area (Å²) in [6, 6.07) is 11.9. The molecule has 0 spiro atoms. The molecule has 1 aliphatic carbocycles. The molecule has 2 aromatic carbocycles. The maximum Gasteiger partial charge on any atom is 0.436 e. The van der Waals surface area contributed by atoms with Gasteiger partial charge in [0.1, 0.15) is 11.5 Å². The van der Waals surface area contributed by atoms with Gasteiger partial charge >= 0.3 is 18.0 Å². The van der Waals surface area contributed by atoms with Crippen LogP contribution in [0.5, 0.6) is 11.5 Å². The largest absolute Gasteiger partial charge is 0.795 e. The molecular formula is C32H38CoF9N2O3-. The van der Waals surface area contributed by atoms with Gasteiger partial charge in [0.2, 0.25) is 6.11 Å². The molecule has 5 nitrogen and oxygen atoms in total. The third kappa shape index (κ3) is 10.1. The normalized spacial score (nSPS) is 18.6. The molecule has 0 aliphatic heterocycles. The number of para-hydroxylation sites is 2. The zero-order valence-corrected chi connectivity index (χ0v) is 27.6. The molecular weight excluding hydrogens is 690 g/mol. The number of phenols is 2. The molecule has 1 fully saturated rings. The smallest absolute Gasteiger partial charge is 0.436 e. The van der Waals surface area contributed by atoms with Gasteiger partial charge in [-0.3, -0.25) is 9.98 Å². The number of rotatable bonds is 5. The van der Waals surface area contributed by atoms with Crippen LogP contribution in [0.15, 0.2) is 46.4 Å². The molecule has 0 saturated heterocycles. The molecule has 0 aromatic heterocycles. The number of nitrogens with zero attached hydrogens (tertiary/aromatic N) is 2. The average Bonchev–Trinajstić information content (AvgIpc) is 2.89. The Hall–Kier alpha value is -2.78. The Bertz CT molecular complexity index is 1270. The predicted octanol–water partition coefficient (Wildman–Crippen LogP) is 8.31. The molecule has 1 radical (unpaired) electrons. The Balaban J connectivity index is 0.000000625. The fourth-order valence-corrected chi connectivity index (χ4v) is 4.82. The minimum Gasteiger partial charge on any atom is -0.795 e. The molecule has 0 bridgehead atoms. The van der Waals surface area contributed by atoms with E-state index < -0.39 is 24.1 Å². The van der Waals surface area contributed by atoms with Crippen LogP contribution in [0.25, 0.3) is 0 Å². The maximum absolute atomic E-state index is 12.0. The summed E-state index contributed by atoms with van der Waals surface area (Å²) in [5, 5.41) is 30.8. The number of alkyl halides is 9. The van der Waals surface area contributed by atoms with Crippen molar-refractivity contribution in [1.29, 1.82) is 0 Å². The first-order chi connectivity index (χ1) is 20.7. The van der Waals surface area contributed by atoms with Crippen molar-refractivity contribution in [2.45, 2.75) is 114 Å². The number of halogens is 9. The van der Waals surface area contributed by atoms with Crippen LogP contribution in [-0.4, -0.2) is 58.9 Å². The van der Waals surface area contributed by atoms with Crippen LogP contribution in [-0.2, 0) is 27.6 Å². The fraction of sp³-hybridized carbons (Fsp3) is 0.562. The van der Waals surface area contributed by atoms with Gasteiger partial charge in [-0.25, -0.2) is 13.2 Å². The number of aliphatic imine (C=N–C) groups is 2. The molecule has 2 unspecified atom stereocenters. The molecule has 3 rings (SSSR count). The monoisotopic (exact) mass is 728 g/mol. The molecule has 2 atom stereocenters. The van der Waals surface area contributed by atoms with Gasteiger partial charge in [0.15, 0.2) is 0 Å². The summed E-state index contributed by atoms with van der Waals surface area (Å²) in [6.07, 6.45) is -13.1. The summed E-state index contributed by atoms with van der Waals surface area (Å²) in [6.45, 7) is 12.6. The summed E-state index contributed by atoms with van der Waals surface area (Å²) in [5.41, 5.74) is -3.98. The van der Waals surface area contributed by atoms with Crippen molar-refractivity contribution in [1.82, 2.24) is 0 Å². The van der Waals surface area contributed by atoms with Crippen molar-refractivity contribution in [2.24, 2.45) is 9.98 Å². The van der Waals surface area contributed by atoms with Crippen molar-refractivity contribution < 1.29 is 71.6 Å². The van der Waals surface area contributed by atoms with Crippen LogP contribution < -0.4 is 5.11 Å². The summed E-state index contributed by atoms with van der Waals surface area (Å²) < 4.78 is 103. The van der Waals surface area contributed by atoms with Crippen LogP contribution in [0, 0.1) is 0 Å². The van der Waals surface area contributed by atoms with Gasteiger partial charge in [-0.1, -0.05) is 78.6 Å². The first kappa shape index (κ1) is 42.2. The maximum atomic E-state index is 12.0. The van der Waals surface area contributed by atoms with E-state index in [0.29, 0.717) is 11.5 Å². The van der Waals surface area contributed by atoms with E-state index in [2.05, 4.69) is 41.5 Å². The van der Waals surface area contributed by atoms with Crippen LogP contribution in [0.1, 0.15) is 89.5 Å². The second-order valence-electron chi connectivity index (χ2n) is 13.1. The minimum absolute atomic E-state index is 0. The third-order valence-electron chi connectivity index (χ3n) is 7.44. The Labute approximate surface area is 278 Å². The molecule has 0 amide bonds. The minimum atomic E-state index is -7.08. The van der Waals surface area contributed by atoms with E-state index in [-0.39, 0.29) is 39.7 Å². The van der Waals surface area contributed by atoms with Crippen LogP contribution >= 0.6 is 0 Å². The van der Waals surface area contributed by atoms with E-state index in [9.17, 15) is 54.8 Å². The van der Waals surface area contributed by atoms with Gasteiger partial charge in [-0.2, -0.15) is 26.3 Å². The predicted molar refractivity (Wildman–Crippen MR) is 156 cm³/mol. The Kier molecular flexibility index (Phi) is 13.6. The molecule has 1 saturated carbocycles. The molecule has 47 heavy (non-hydrogen) atoms. The standard InChI is InChI=1S/C28H38N2O2.C4F9O.Co/c1-27(2,3)21-13-9-11-19(25(21)31)17-29-23-15-7-8-16-24(23)30-18-20-12-10-14-22(26(20)32)28(4,5)6;5-1(2(6,7)8,3(9,10)11)4(12,13)14;/h9-14,17-18,23-24,31-32H,7-8,15-16H2,1-6H3;;/q;-1;. The average molecular weight is 729 g/mol. The number of aromatic hydroxyl groups is 2. The number of phenolic OH excluding ortho intramolecular Hbond substituents is 2. The Morgan fingerprint density at radius 3 is 1.19 bits per heavy atom. The summed E-state index contributed by atoms with van der Waals surface area (Å²) >= 11 is 0. The molecule has 2 aromatic rings. The quantitative estimate of drug-likeness (QED) is 0.240. The van der Waals surface area contributed by atoms with E-state index >= 15 is 0 Å². The first-order valence-electron chi connectivity index (χ1n) is 14.4. The summed E-state index contributed by atoms with van der Waals surface area (Å²) in [4.78, 5) is 9.70. The van der Waals surface area contributed by atoms with E-state index in [1.54, 1.807) is 12.4 Å². The van der Waals surface area contributed by atoms with E-state index in [4.69, 9.17) is 9.98 Å². The fourth-order valence-electron chi connectivity index (χ4n) is 4.82. The molecule has 0 heterocycles. The zero-order chi connectivity index (χ0) is 35.5. The van der Waals surface area contributed by atoms with Crippen LogP contribution in [0.2, 0.25) is 0 Å².